The third kappa shape index (κ3) is 6.58. The Kier molecular flexibility index (Phi) is 9.37. The molecule has 168 valence electrons. The molecule has 1 amide bonds. The zero-order valence-electron chi connectivity index (χ0n) is 17.4. The fourth-order valence-corrected chi connectivity index (χ4v) is 3.58. The molecule has 1 saturated carbocycles. The topological polar surface area (TPSA) is 69.2 Å². The van der Waals surface area contributed by atoms with E-state index in [0.717, 1.165) is 30.9 Å². The first-order valence-corrected chi connectivity index (χ1v) is 10.1. The fourth-order valence-electron chi connectivity index (χ4n) is 3.58. The third-order valence-corrected chi connectivity index (χ3v) is 5.29. The van der Waals surface area contributed by atoms with Crippen LogP contribution in [0.25, 0.3) is 0 Å². The van der Waals surface area contributed by atoms with Gasteiger partial charge in [0.1, 0.15) is 11.6 Å². The number of nitrogens with zero attached hydrogens (tertiary/aromatic N) is 3. The van der Waals surface area contributed by atoms with Gasteiger partial charge in [0.15, 0.2) is 5.96 Å². The summed E-state index contributed by atoms with van der Waals surface area (Å²) in [7, 11) is 1.71. The number of alkyl carbamates (subject to hydrolysis) is 1. The second kappa shape index (κ2) is 11.5. The number of hydrogen-bond donors (Lipinski definition) is 2. The van der Waals surface area contributed by atoms with E-state index in [0.29, 0.717) is 50.9 Å². The van der Waals surface area contributed by atoms with E-state index in [1.807, 2.05) is 4.90 Å². The van der Waals surface area contributed by atoms with E-state index in [2.05, 4.69) is 20.5 Å². The summed E-state index contributed by atoms with van der Waals surface area (Å²) in [5.74, 6) is 0.333. The van der Waals surface area contributed by atoms with Crippen LogP contribution in [0, 0.1) is 17.6 Å². The number of rotatable bonds is 6. The van der Waals surface area contributed by atoms with Gasteiger partial charge in [-0.15, -0.1) is 24.0 Å². The molecule has 30 heavy (non-hydrogen) atoms. The zero-order valence-corrected chi connectivity index (χ0v) is 19.7. The first-order chi connectivity index (χ1) is 14.0. The molecule has 10 heteroatoms. The lowest BCUT2D eigenvalue weighted by Crippen LogP contribution is -2.55. The number of anilines is 1. The van der Waals surface area contributed by atoms with Crippen molar-refractivity contribution in [2.75, 3.05) is 51.3 Å². The van der Waals surface area contributed by atoms with Crippen molar-refractivity contribution < 1.29 is 18.3 Å². The highest BCUT2D eigenvalue weighted by Crippen LogP contribution is 2.32. The first-order valence-electron chi connectivity index (χ1n) is 10.1. The number of carbonyl (C=O) groups excluding carboxylic acids is 1. The number of amides is 1. The molecule has 7 nitrogen and oxygen atoms in total. The molecule has 1 aromatic rings. The molecule has 1 saturated heterocycles. The van der Waals surface area contributed by atoms with Crippen LogP contribution in [0.5, 0.6) is 0 Å². The highest BCUT2D eigenvalue weighted by Gasteiger charge is 2.33. The van der Waals surface area contributed by atoms with Gasteiger partial charge in [-0.25, -0.2) is 13.6 Å². The minimum atomic E-state index is -0.443. The molecule has 3 rings (SSSR count). The molecule has 2 aliphatic rings. The molecule has 0 aromatic heterocycles. The summed E-state index contributed by atoms with van der Waals surface area (Å²) in [5, 5.41) is 6.26. The monoisotopic (exact) mass is 537 g/mol. The Bertz CT molecular complexity index is 740. The summed E-state index contributed by atoms with van der Waals surface area (Å²) in [6, 6.07) is 3.51. The number of ether oxygens (including phenoxy) is 1. The van der Waals surface area contributed by atoms with Gasteiger partial charge in [0.05, 0.1) is 18.3 Å². The second-order valence-corrected chi connectivity index (χ2v) is 7.31. The molecule has 1 unspecified atom stereocenters. The van der Waals surface area contributed by atoms with Crippen molar-refractivity contribution in [3.8, 4) is 0 Å². The number of hydrogen-bond acceptors (Lipinski definition) is 4. The van der Waals surface area contributed by atoms with E-state index in [1.165, 1.54) is 6.07 Å². The van der Waals surface area contributed by atoms with Gasteiger partial charge in [0, 0.05) is 45.8 Å². The van der Waals surface area contributed by atoms with E-state index in [9.17, 15) is 13.6 Å². The molecule has 2 fully saturated rings. The molecule has 0 radical (unpaired) electrons. The van der Waals surface area contributed by atoms with Gasteiger partial charge >= 0.3 is 6.09 Å². The predicted octanol–water partition coefficient (Wildman–Crippen LogP) is 2.80. The Morgan fingerprint density at radius 1 is 1.27 bits per heavy atom. The maximum atomic E-state index is 14.0. The zero-order chi connectivity index (χ0) is 20.8. The lowest BCUT2D eigenvalue weighted by Gasteiger charge is -2.38. The number of guanidine groups is 1. The van der Waals surface area contributed by atoms with Gasteiger partial charge in [0.25, 0.3) is 0 Å². The molecule has 1 aromatic carbocycles. The minimum Gasteiger partial charge on any atom is -0.450 e. The Labute approximate surface area is 193 Å². The van der Waals surface area contributed by atoms with Crippen LogP contribution in [-0.2, 0) is 4.74 Å². The third-order valence-electron chi connectivity index (χ3n) is 5.29. The van der Waals surface area contributed by atoms with Crippen LogP contribution in [0.2, 0.25) is 0 Å². The molecule has 1 atom stereocenters. The highest BCUT2D eigenvalue weighted by atomic mass is 127. The van der Waals surface area contributed by atoms with Gasteiger partial charge in [-0.2, -0.15) is 0 Å². The van der Waals surface area contributed by atoms with Gasteiger partial charge in [0.2, 0.25) is 0 Å². The van der Waals surface area contributed by atoms with E-state index in [1.54, 1.807) is 14.0 Å². The van der Waals surface area contributed by atoms with E-state index in [-0.39, 0.29) is 30.0 Å². The van der Waals surface area contributed by atoms with Crippen molar-refractivity contribution in [1.29, 1.82) is 0 Å². The number of aliphatic imine (C=N–C) groups is 1. The largest absolute Gasteiger partial charge is 0.450 e. The van der Waals surface area contributed by atoms with Crippen LogP contribution >= 0.6 is 24.0 Å². The molecule has 1 heterocycles. The second-order valence-electron chi connectivity index (χ2n) is 7.31. The number of carbonyl (C=O) groups is 1. The van der Waals surface area contributed by atoms with Crippen LogP contribution in [0.3, 0.4) is 0 Å². The quantitative estimate of drug-likeness (QED) is 0.332. The molecular weight excluding hydrogens is 507 g/mol. The smallest absolute Gasteiger partial charge is 0.407 e. The van der Waals surface area contributed by atoms with Crippen LogP contribution in [-0.4, -0.2) is 69.4 Å². The molecule has 0 spiro atoms. The van der Waals surface area contributed by atoms with Crippen molar-refractivity contribution in [2.45, 2.75) is 25.8 Å². The Balaban J connectivity index is 0.00000320. The SMILES string of the molecule is CCOC(=O)NC(CNC(=NC)N1CCN(c2cc(F)ccc2F)CC1)C1CC1.I. The summed E-state index contributed by atoms with van der Waals surface area (Å²) < 4.78 is 32.5. The predicted molar refractivity (Wildman–Crippen MR) is 124 cm³/mol. The number of benzene rings is 1. The van der Waals surface area contributed by atoms with Crippen molar-refractivity contribution in [1.82, 2.24) is 15.5 Å². The van der Waals surface area contributed by atoms with Crippen molar-refractivity contribution in [3.63, 3.8) is 0 Å². The maximum absolute atomic E-state index is 14.0. The number of nitrogens with one attached hydrogen (secondary N) is 2. The normalized spacial score (nSPS) is 17.8. The van der Waals surface area contributed by atoms with Crippen LogP contribution in [0.15, 0.2) is 23.2 Å². The highest BCUT2D eigenvalue weighted by molar-refractivity contribution is 14.0. The average Bonchev–Trinajstić information content (AvgIpc) is 3.55. The maximum Gasteiger partial charge on any atom is 0.407 e. The summed E-state index contributed by atoms with van der Waals surface area (Å²) in [5.41, 5.74) is 0.292. The molecule has 1 aliphatic carbocycles. The lowest BCUT2D eigenvalue weighted by molar-refractivity contribution is 0.146. The minimum absolute atomic E-state index is 0. The first kappa shape index (κ1) is 24.4. The fraction of sp³-hybridized carbons (Fsp3) is 0.600. The standard InChI is InChI=1S/C20H29F2N5O2.HI/c1-3-29-20(28)25-17(14-4-5-14)13-24-19(23-2)27-10-8-26(9-11-27)18-12-15(21)6-7-16(18)22;/h6-7,12,14,17H,3-5,8-11,13H2,1-2H3,(H,23,24)(H,25,28);1H. The van der Waals surface area contributed by atoms with Crippen molar-refractivity contribution >= 4 is 41.7 Å². The van der Waals surface area contributed by atoms with Crippen molar-refractivity contribution in [2.24, 2.45) is 10.9 Å². The van der Waals surface area contributed by atoms with Crippen LogP contribution < -0.4 is 15.5 Å². The van der Waals surface area contributed by atoms with E-state index >= 15 is 0 Å². The number of piperazine rings is 1. The summed E-state index contributed by atoms with van der Waals surface area (Å²) in [6.45, 7) is 5.08. The molecule has 2 N–H and O–H groups in total. The number of halogens is 3. The summed E-state index contributed by atoms with van der Waals surface area (Å²) in [4.78, 5) is 20.0. The Hall–Kier alpha value is -1.85. The van der Waals surface area contributed by atoms with Gasteiger partial charge < -0.3 is 25.2 Å². The Morgan fingerprint density at radius 2 is 1.97 bits per heavy atom. The molecular formula is C20H30F2IN5O2. The van der Waals surface area contributed by atoms with Gasteiger partial charge in [-0.05, 0) is 37.8 Å². The lowest BCUT2D eigenvalue weighted by atomic mass is 10.2. The Morgan fingerprint density at radius 3 is 2.57 bits per heavy atom. The molecule has 1 aliphatic heterocycles. The van der Waals surface area contributed by atoms with Gasteiger partial charge in [-0.3, -0.25) is 4.99 Å². The van der Waals surface area contributed by atoms with Crippen molar-refractivity contribution in [3.05, 3.63) is 29.8 Å². The van der Waals surface area contributed by atoms with Crippen LogP contribution in [0.4, 0.5) is 19.3 Å². The van der Waals surface area contributed by atoms with Gasteiger partial charge in [-0.1, -0.05) is 0 Å². The summed E-state index contributed by atoms with van der Waals surface area (Å²) >= 11 is 0. The van der Waals surface area contributed by atoms with E-state index < -0.39 is 17.7 Å². The average molecular weight is 537 g/mol. The summed E-state index contributed by atoms with van der Waals surface area (Å²) in [6.07, 6.45) is 1.79. The van der Waals surface area contributed by atoms with Crippen LogP contribution in [0.1, 0.15) is 19.8 Å². The van der Waals surface area contributed by atoms with E-state index in [4.69, 9.17) is 4.74 Å². The molecule has 0 bridgehead atoms.